The molecule has 1 aliphatic heterocycles. The van der Waals surface area contributed by atoms with Crippen molar-refractivity contribution in [1.29, 1.82) is 0 Å². The van der Waals surface area contributed by atoms with Crippen molar-refractivity contribution in [3.63, 3.8) is 0 Å². The molecule has 9 heteroatoms. The fraction of sp³-hybridized carbons (Fsp3) is 0.381. The lowest BCUT2D eigenvalue weighted by atomic mass is 9.98. The summed E-state index contributed by atoms with van der Waals surface area (Å²) in [5, 5.41) is 13.6. The zero-order valence-corrected chi connectivity index (χ0v) is 17.4. The lowest BCUT2D eigenvalue weighted by Gasteiger charge is -2.31. The van der Waals surface area contributed by atoms with Crippen LogP contribution in [0.4, 0.5) is 11.4 Å². The molecule has 1 aliphatic rings. The van der Waals surface area contributed by atoms with Gasteiger partial charge in [-0.25, -0.2) is 12.7 Å². The number of amides is 1. The van der Waals surface area contributed by atoms with Crippen molar-refractivity contribution >= 4 is 27.3 Å². The highest BCUT2D eigenvalue weighted by Gasteiger charge is 2.32. The van der Waals surface area contributed by atoms with Crippen molar-refractivity contribution in [3.8, 4) is 0 Å². The van der Waals surface area contributed by atoms with Crippen molar-refractivity contribution in [2.75, 3.05) is 24.2 Å². The summed E-state index contributed by atoms with van der Waals surface area (Å²) in [7, 11) is -3.45. The number of anilines is 1. The highest BCUT2D eigenvalue weighted by atomic mass is 32.2. The summed E-state index contributed by atoms with van der Waals surface area (Å²) in [6.07, 6.45) is 2.39. The van der Waals surface area contributed by atoms with Gasteiger partial charge in [-0.1, -0.05) is 36.4 Å². The molecule has 0 bridgehead atoms. The molecule has 1 fully saturated rings. The van der Waals surface area contributed by atoms with E-state index in [1.165, 1.54) is 22.5 Å². The molecular weight excluding hydrogens is 406 g/mol. The lowest BCUT2D eigenvalue weighted by molar-refractivity contribution is -0.384. The summed E-state index contributed by atoms with van der Waals surface area (Å²) >= 11 is 0. The molecule has 1 amide bonds. The second kappa shape index (κ2) is 9.82. The van der Waals surface area contributed by atoms with Gasteiger partial charge in [0, 0.05) is 30.9 Å². The number of rotatable bonds is 8. The molecule has 0 aromatic heterocycles. The normalized spacial score (nSPS) is 17.4. The maximum atomic E-state index is 12.7. The Morgan fingerprint density at radius 3 is 2.67 bits per heavy atom. The van der Waals surface area contributed by atoms with Crippen LogP contribution in [0.15, 0.2) is 54.6 Å². The second-order valence-electron chi connectivity index (χ2n) is 7.40. The van der Waals surface area contributed by atoms with Gasteiger partial charge in [0.15, 0.2) is 0 Å². The molecule has 3 rings (SSSR count). The average Bonchev–Trinajstić information content (AvgIpc) is 2.74. The van der Waals surface area contributed by atoms with E-state index in [0.29, 0.717) is 37.9 Å². The summed E-state index contributed by atoms with van der Waals surface area (Å²) in [4.78, 5) is 23.0. The summed E-state index contributed by atoms with van der Waals surface area (Å²) in [6.45, 7) is 0.544. The number of carbonyl (C=O) groups is 1. The van der Waals surface area contributed by atoms with E-state index in [-0.39, 0.29) is 23.9 Å². The van der Waals surface area contributed by atoms with Crippen molar-refractivity contribution in [2.45, 2.75) is 25.7 Å². The molecule has 8 nitrogen and oxygen atoms in total. The quantitative estimate of drug-likeness (QED) is 0.510. The highest BCUT2D eigenvalue weighted by molar-refractivity contribution is 7.89. The molecular formula is C21H25N3O5S. The zero-order chi connectivity index (χ0) is 21.6. The van der Waals surface area contributed by atoms with Crippen LogP contribution >= 0.6 is 0 Å². The number of nitrogens with zero attached hydrogens (tertiary/aromatic N) is 2. The first-order valence-corrected chi connectivity index (χ1v) is 11.5. The minimum absolute atomic E-state index is 0.0428. The van der Waals surface area contributed by atoms with Crippen LogP contribution < -0.4 is 5.32 Å². The lowest BCUT2D eigenvalue weighted by Crippen LogP contribution is -2.44. The summed E-state index contributed by atoms with van der Waals surface area (Å²) in [5.41, 5.74) is 1.32. The number of carbonyl (C=O) groups excluding carboxylic acids is 1. The third-order valence-electron chi connectivity index (χ3n) is 5.18. The van der Waals surface area contributed by atoms with Gasteiger partial charge in [-0.15, -0.1) is 0 Å². The SMILES string of the molecule is O=C(Nc1cccc([N+](=O)[O-])c1)C1CCCN(S(=O)(=O)CCCc2ccccc2)C1. The van der Waals surface area contributed by atoms with Crippen LogP contribution in [0, 0.1) is 16.0 Å². The number of hydrogen-bond donors (Lipinski definition) is 1. The molecule has 0 aliphatic carbocycles. The molecule has 2 aromatic carbocycles. The summed E-state index contributed by atoms with van der Waals surface area (Å²) < 4.78 is 26.9. The molecule has 1 N–H and O–H groups in total. The minimum Gasteiger partial charge on any atom is -0.326 e. The molecule has 30 heavy (non-hydrogen) atoms. The number of piperidine rings is 1. The Morgan fingerprint density at radius 2 is 1.93 bits per heavy atom. The number of hydrogen-bond acceptors (Lipinski definition) is 5. The number of nitro benzene ring substituents is 1. The van der Waals surface area contributed by atoms with Crippen molar-refractivity contribution in [1.82, 2.24) is 4.31 Å². The molecule has 160 valence electrons. The Morgan fingerprint density at radius 1 is 1.17 bits per heavy atom. The first kappa shape index (κ1) is 21.9. The van der Waals surface area contributed by atoms with Gasteiger partial charge in [0.1, 0.15) is 0 Å². The first-order chi connectivity index (χ1) is 14.3. The van der Waals surface area contributed by atoms with Gasteiger partial charge in [-0.2, -0.15) is 0 Å². The Bertz CT molecular complexity index is 995. The van der Waals surface area contributed by atoms with Gasteiger partial charge in [0.05, 0.1) is 16.6 Å². The van der Waals surface area contributed by atoms with E-state index in [1.807, 2.05) is 30.3 Å². The Labute approximate surface area is 176 Å². The van der Waals surface area contributed by atoms with E-state index in [4.69, 9.17) is 0 Å². The molecule has 0 spiro atoms. The van der Waals surface area contributed by atoms with Gasteiger partial charge in [-0.3, -0.25) is 14.9 Å². The Balaban J connectivity index is 1.56. The maximum absolute atomic E-state index is 12.7. The predicted octanol–water partition coefficient (Wildman–Crippen LogP) is 3.21. The first-order valence-electron chi connectivity index (χ1n) is 9.92. The number of benzene rings is 2. The van der Waals surface area contributed by atoms with Crippen molar-refractivity contribution in [3.05, 3.63) is 70.3 Å². The van der Waals surface area contributed by atoms with E-state index in [1.54, 1.807) is 6.07 Å². The van der Waals surface area contributed by atoms with E-state index in [0.717, 1.165) is 5.56 Å². The van der Waals surface area contributed by atoms with Crippen LogP contribution in [0.3, 0.4) is 0 Å². The summed E-state index contributed by atoms with van der Waals surface area (Å²) in [5.74, 6) is -0.761. The Hall–Kier alpha value is -2.78. The van der Waals surface area contributed by atoms with E-state index in [2.05, 4.69) is 5.32 Å². The monoisotopic (exact) mass is 431 g/mol. The van der Waals surface area contributed by atoms with E-state index >= 15 is 0 Å². The maximum Gasteiger partial charge on any atom is 0.271 e. The zero-order valence-electron chi connectivity index (χ0n) is 16.6. The third kappa shape index (κ3) is 5.87. The summed E-state index contributed by atoms with van der Waals surface area (Å²) in [6, 6.07) is 15.4. The van der Waals surface area contributed by atoms with Crippen molar-refractivity contribution in [2.24, 2.45) is 5.92 Å². The van der Waals surface area contributed by atoms with Gasteiger partial charge < -0.3 is 5.32 Å². The van der Waals surface area contributed by atoms with Gasteiger partial charge in [0.2, 0.25) is 15.9 Å². The standard InChI is InChI=1S/C21H25N3O5S/c25-21(22-19-11-4-12-20(15-19)24(26)27)18-10-5-13-23(16-18)30(28,29)14-6-9-17-7-2-1-3-8-17/h1-4,7-8,11-12,15,18H,5-6,9-10,13-14,16H2,(H,22,25). The smallest absolute Gasteiger partial charge is 0.271 e. The van der Waals surface area contributed by atoms with E-state index < -0.39 is 20.9 Å². The number of nitro groups is 1. The number of non-ortho nitro benzene ring substituents is 1. The molecule has 1 heterocycles. The fourth-order valence-corrected chi connectivity index (χ4v) is 5.16. The molecule has 2 aromatic rings. The van der Waals surface area contributed by atoms with Crippen LogP contribution in [-0.4, -0.2) is 42.4 Å². The molecule has 0 saturated carbocycles. The van der Waals surface area contributed by atoms with Crippen molar-refractivity contribution < 1.29 is 18.1 Å². The van der Waals surface area contributed by atoms with Gasteiger partial charge in [0.25, 0.3) is 5.69 Å². The van der Waals surface area contributed by atoms with Crippen LogP contribution in [-0.2, 0) is 21.2 Å². The molecule has 1 saturated heterocycles. The molecule has 1 atom stereocenters. The van der Waals surface area contributed by atoms with Crippen LogP contribution in [0.5, 0.6) is 0 Å². The predicted molar refractivity (Wildman–Crippen MR) is 115 cm³/mol. The van der Waals surface area contributed by atoms with Gasteiger partial charge in [-0.05, 0) is 37.3 Å². The topological polar surface area (TPSA) is 110 Å². The fourth-order valence-electron chi connectivity index (χ4n) is 3.58. The highest BCUT2D eigenvalue weighted by Crippen LogP contribution is 2.23. The largest absolute Gasteiger partial charge is 0.326 e. The second-order valence-corrected chi connectivity index (χ2v) is 9.49. The number of sulfonamides is 1. The minimum atomic E-state index is -3.45. The van der Waals surface area contributed by atoms with E-state index in [9.17, 15) is 23.3 Å². The number of nitrogens with one attached hydrogen (secondary N) is 1. The molecule has 0 radical (unpaired) electrons. The number of aryl methyl sites for hydroxylation is 1. The van der Waals surface area contributed by atoms with Crippen LogP contribution in [0.2, 0.25) is 0 Å². The van der Waals surface area contributed by atoms with Crippen LogP contribution in [0.25, 0.3) is 0 Å². The average molecular weight is 432 g/mol. The molecule has 1 unspecified atom stereocenters. The van der Waals surface area contributed by atoms with Gasteiger partial charge >= 0.3 is 0 Å². The van der Waals surface area contributed by atoms with Crippen LogP contribution in [0.1, 0.15) is 24.8 Å². The third-order valence-corrected chi connectivity index (χ3v) is 7.11. The Kier molecular flexibility index (Phi) is 7.17.